The summed E-state index contributed by atoms with van der Waals surface area (Å²) in [5, 5.41) is 3.16. The molecule has 0 saturated carbocycles. The van der Waals surface area contributed by atoms with Crippen LogP contribution < -0.4 is 19.1 Å². The van der Waals surface area contributed by atoms with Crippen molar-refractivity contribution in [2.45, 2.75) is 4.90 Å². The first kappa shape index (κ1) is 23.6. The molecule has 2 heterocycles. The first-order valence-electron chi connectivity index (χ1n) is 10.1. The third-order valence-electron chi connectivity index (χ3n) is 5.39. The van der Waals surface area contributed by atoms with Gasteiger partial charge in [0.15, 0.2) is 5.13 Å². The molecular formula is C22H24ClN3O5S2. The topological polar surface area (TPSA) is 81.2 Å². The van der Waals surface area contributed by atoms with Crippen LogP contribution in [0.5, 0.6) is 17.2 Å². The van der Waals surface area contributed by atoms with Crippen molar-refractivity contribution in [3.8, 4) is 28.5 Å². The van der Waals surface area contributed by atoms with Crippen LogP contribution >= 0.6 is 22.9 Å². The second kappa shape index (κ2) is 9.76. The van der Waals surface area contributed by atoms with E-state index in [2.05, 4.69) is 4.90 Å². The number of hydrogen-bond acceptors (Lipinski definition) is 8. The summed E-state index contributed by atoms with van der Waals surface area (Å²) < 4.78 is 43.8. The average molecular weight is 510 g/mol. The van der Waals surface area contributed by atoms with Crippen molar-refractivity contribution < 1.29 is 22.6 Å². The van der Waals surface area contributed by atoms with Crippen LogP contribution in [0.15, 0.2) is 46.7 Å². The standard InChI is InChI=1S/C22H24ClN3O5S2/c1-29-17-10-15(11-18(13-17)30-2)19-14-32-22(24-19)25-6-8-26(9-7-25)33(27,28)21-12-16(23)4-5-20(21)31-3/h4-5,10-14H,6-9H2,1-3H3. The molecule has 1 aromatic heterocycles. The molecule has 0 aliphatic carbocycles. The predicted octanol–water partition coefficient (Wildman–Crippen LogP) is 4.00. The van der Waals surface area contributed by atoms with Crippen molar-refractivity contribution in [1.82, 2.24) is 9.29 Å². The molecule has 1 saturated heterocycles. The molecule has 33 heavy (non-hydrogen) atoms. The molecule has 3 aromatic rings. The zero-order valence-corrected chi connectivity index (χ0v) is 20.8. The van der Waals surface area contributed by atoms with E-state index in [1.807, 2.05) is 23.6 Å². The number of anilines is 1. The van der Waals surface area contributed by atoms with Crippen molar-refractivity contribution >= 4 is 38.1 Å². The molecule has 0 unspecified atom stereocenters. The van der Waals surface area contributed by atoms with Gasteiger partial charge in [0.05, 0.1) is 27.0 Å². The Morgan fingerprint density at radius 2 is 1.61 bits per heavy atom. The van der Waals surface area contributed by atoms with E-state index in [1.165, 1.54) is 28.8 Å². The number of sulfonamides is 1. The van der Waals surface area contributed by atoms with E-state index in [1.54, 1.807) is 26.4 Å². The number of halogens is 1. The summed E-state index contributed by atoms with van der Waals surface area (Å²) in [6.45, 7) is 1.72. The monoisotopic (exact) mass is 509 g/mol. The second-order valence-electron chi connectivity index (χ2n) is 7.30. The van der Waals surface area contributed by atoms with Gasteiger partial charge in [-0.15, -0.1) is 11.3 Å². The molecule has 2 aromatic carbocycles. The Labute approximate surface area is 202 Å². The summed E-state index contributed by atoms with van der Waals surface area (Å²) in [5.41, 5.74) is 1.70. The maximum absolute atomic E-state index is 13.2. The Hall–Kier alpha value is -2.53. The van der Waals surface area contributed by atoms with E-state index in [0.29, 0.717) is 42.7 Å². The third kappa shape index (κ3) is 4.89. The predicted molar refractivity (Wildman–Crippen MR) is 130 cm³/mol. The molecule has 4 rings (SSSR count). The van der Waals surface area contributed by atoms with Gasteiger partial charge >= 0.3 is 0 Å². The highest BCUT2D eigenvalue weighted by molar-refractivity contribution is 7.89. The smallest absolute Gasteiger partial charge is 0.246 e. The Bertz CT molecular complexity index is 1220. The van der Waals surface area contributed by atoms with Crippen molar-refractivity contribution in [2.24, 2.45) is 0 Å². The lowest BCUT2D eigenvalue weighted by Gasteiger charge is -2.34. The minimum absolute atomic E-state index is 0.0782. The van der Waals surface area contributed by atoms with Gasteiger partial charge in [0.25, 0.3) is 0 Å². The molecule has 176 valence electrons. The minimum Gasteiger partial charge on any atom is -0.497 e. The maximum atomic E-state index is 13.2. The molecule has 1 aliphatic rings. The van der Waals surface area contributed by atoms with Gasteiger partial charge in [-0.2, -0.15) is 4.31 Å². The van der Waals surface area contributed by atoms with Crippen molar-refractivity contribution in [3.63, 3.8) is 0 Å². The third-order valence-corrected chi connectivity index (χ3v) is 8.45. The van der Waals surface area contributed by atoms with Crippen LogP contribution in [0.25, 0.3) is 11.3 Å². The number of piperazine rings is 1. The number of nitrogens with zero attached hydrogens (tertiary/aromatic N) is 3. The van der Waals surface area contributed by atoms with Crippen LogP contribution in [-0.4, -0.2) is 65.2 Å². The van der Waals surface area contributed by atoms with Gasteiger partial charge in [0, 0.05) is 48.2 Å². The molecule has 1 aliphatic heterocycles. The van der Waals surface area contributed by atoms with E-state index >= 15 is 0 Å². The summed E-state index contributed by atoms with van der Waals surface area (Å²) in [7, 11) is 0.926. The maximum Gasteiger partial charge on any atom is 0.246 e. The molecule has 1 fully saturated rings. The largest absolute Gasteiger partial charge is 0.497 e. The number of rotatable bonds is 7. The van der Waals surface area contributed by atoms with Gasteiger partial charge in [-0.3, -0.25) is 0 Å². The summed E-state index contributed by atoms with van der Waals surface area (Å²) in [6, 6.07) is 10.2. The second-order valence-corrected chi connectivity index (χ2v) is 10.5. The van der Waals surface area contributed by atoms with Crippen LogP contribution in [0.1, 0.15) is 0 Å². The van der Waals surface area contributed by atoms with Gasteiger partial charge < -0.3 is 19.1 Å². The highest BCUT2D eigenvalue weighted by Gasteiger charge is 2.31. The fourth-order valence-electron chi connectivity index (χ4n) is 3.61. The molecule has 0 atom stereocenters. The Morgan fingerprint density at radius 3 is 2.21 bits per heavy atom. The van der Waals surface area contributed by atoms with Crippen LogP contribution in [0.3, 0.4) is 0 Å². The highest BCUT2D eigenvalue weighted by atomic mass is 35.5. The van der Waals surface area contributed by atoms with E-state index in [4.69, 9.17) is 30.8 Å². The molecule has 8 nitrogen and oxygen atoms in total. The van der Waals surface area contributed by atoms with Gasteiger partial charge in [-0.25, -0.2) is 13.4 Å². The quantitative estimate of drug-likeness (QED) is 0.476. The van der Waals surface area contributed by atoms with Gasteiger partial charge in [0.2, 0.25) is 10.0 Å². The molecule has 0 spiro atoms. The van der Waals surface area contributed by atoms with Crippen molar-refractivity contribution in [1.29, 1.82) is 0 Å². The summed E-state index contributed by atoms with van der Waals surface area (Å²) in [5.74, 6) is 1.66. The normalized spacial score (nSPS) is 14.8. The van der Waals surface area contributed by atoms with E-state index in [-0.39, 0.29) is 10.6 Å². The lowest BCUT2D eigenvalue weighted by Crippen LogP contribution is -2.48. The number of benzene rings is 2. The number of hydrogen-bond donors (Lipinski definition) is 0. The zero-order valence-electron chi connectivity index (χ0n) is 18.4. The van der Waals surface area contributed by atoms with Crippen LogP contribution in [0.2, 0.25) is 5.02 Å². The first-order valence-corrected chi connectivity index (χ1v) is 12.8. The highest BCUT2D eigenvalue weighted by Crippen LogP contribution is 2.34. The summed E-state index contributed by atoms with van der Waals surface area (Å²) >= 11 is 7.56. The molecule has 0 amide bonds. The first-order chi connectivity index (χ1) is 15.8. The van der Waals surface area contributed by atoms with Crippen LogP contribution in [0, 0.1) is 0 Å². The van der Waals surface area contributed by atoms with Crippen molar-refractivity contribution in [3.05, 3.63) is 46.8 Å². The van der Waals surface area contributed by atoms with E-state index < -0.39 is 10.0 Å². The minimum atomic E-state index is -3.73. The van der Waals surface area contributed by atoms with E-state index in [9.17, 15) is 8.42 Å². The van der Waals surface area contributed by atoms with Crippen LogP contribution in [-0.2, 0) is 10.0 Å². The number of ether oxygens (including phenoxy) is 3. The Balaban J connectivity index is 1.49. The molecule has 11 heteroatoms. The van der Waals surface area contributed by atoms with E-state index in [0.717, 1.165) is 16.4 Å². The number of aromatic nitrogens is 1. The molecule has 0 bridgehead atoms. The average Bonchev–Trinajstić information content (AvgIpc) is 3.34. The fourth-order valence-corrected chi connectivity index (χ4v) is 6.34. The van der Waals surface area contributed by atoms with Crippen molar-refractivity contribution in [2.75, 3.05) is 52.4 Å². The SMILES string of the molecule is COc1cc(OC)cc(-c2csc(N3CCN(S(=O)(=O)c4cc(Cl)ccc4OC)CC3)n2)c1. The lowest BCUT2D eigenvalue weighted by atomic mass is 10.1. The summed E-state index contributed by atoms with van der Waals surface area (Å²) in [6.07, 6.45) is 0. The molecular weight excluding hydrogens is 486 g/mol. The Kier molecular flexibility index (Phi) is 6.99. The fraction of sp³-hybridized carbons (Fsp3) is 0.318. The number of thiazole rings is 1. The summed E-state index contributed by atoms with van der Waals surface area (Å²) in [4.78, 5) is 6.94. The molecule has 0 N–H and O–H groups in total. The molecule has 0 radical (unpaired) electrons. The lowest BCUT2D eigenvalue weighted by molar-refractivity contribution is 0.374. The number of methoxy groups -OCH3 is 3. The van der Waals surface area contributed by atoms with Gasteiger partial charge in [0.1, 0.15) is 22.1 Å². The zero-order chi connectivity index (χ0) is 23.6. The Morgan fingerprint density at radius 1 is 0.939 bits per heavy atom. The van der Waals surface area contributed by atoms with Gasteiger partial charge in [-0.05, 0) is 30.3 Å². The van der Waals surface area contributed by atoms with Crippen LogP contribution in [0.4, 0.5) is 5.13 Å². The van der Waals surface area contributed by atoms with Gasteiger partial charge in [-0.1, -0.05) is 11.6 Å².